The van der Waals surface area contributed by atoms with Crippen LogP contribution < -0.4 is 0 Å². The molecule has 0 atom stereocenters. The van der Waals surface area contributed by atoms with E-state index in [1.165, 1.54) is 13.5 Å². The van der Waals surface area contributed by atoms with Gasteiger partial charge in [-0.3, -0.25) is 4.79 Å². The van der Waals surface area contributed by atoms with Crippen LogP contribution in [0, 0.1) is 5.92 Å². The van der Waals surface area contributed by atoms with Crippen molar-refractivity contribution in [2.45, 2.75) is 13.8 Å². The monoisotopic (exact) mass is 158 g/mol. The molecule has 0 aromatic rings. The van der Waals surface area contributed by atoms with Gasteiger partial charge in [0.2, 0.25) is 0 Å². The van der Waals surface area contributed by atoms with Crippen molar-refractivity contribution in [2.75, 3.05) is 13.7 Å². The molecule has 2 amide bonds. The number of hydrogen-bond donors (Lipinski definition) is 0. The third kappa shape index (κ3) is 3.60. The summed E-state index contributed by atoms with van der Waals surface area (Å²) in [6.07, 6.45) is 0.834. The SMILES string of the molecule is COC(=O)N([C]=O)CC(C)C. The third-order valence-electron chi connectivity index (χ3n) is 1.05. The molecule has 0 aromatic heterocycles. The summed E-state index contributed by atoms with van der Waals surface area (Å²) in [6.45, 7) is 4.14. The van der Waals surface area contributed by atoms with Crippen LogP contribution in [0.15, 0.2) is 0 Å². The molecule has 63 valence electrons. The van der Waals surface area contributed by atoms with Gasteiger partial charge in [0.15, 0.2) is 0 Å². The first kappa shape index (κ1) is 9.94. The van der Waals surface area contributed by atoms with Crippen molar-refractivity contribution >= 4 is 12.5 Å². The van der Waals surface area contributed by atoms with E-state index in [9.17, 15) is 9.59 Å². The van der Waals surface area contributed by atoms with Crippen LogP contribution in [0.4, 0.5) is 4.79 Å². The van der Waals surface area contributed by atoms with Gasteiger partial charge in [0, 0.05) is 6.54 Å². The van der Waals surface area contributed by atoms with E-state index < -0.39 is 6.09 Å². The number of carbonyl (C=O) groups is 1. The van der Waals surface area contributed by atoms with Crippen LogP contribution in [0.25, 0.3) is 0 Å². The summed E-state index contributed by atoms with van der Waals surface area (Å²) >= 11 is 0. The fraction of sp³-hybridized carbons (Fsp3) is 0.714. The Morgan fingerprint density at radius 2 is 2.18 bits per heavy atom. The zero-order chi connectivity index (χ0) is 8.85. The average Bonchev–Trinajstić information content (AvgIpc) is 1.98. The first-order valence-corrected chi connectivity index (χ1v) is 3.35. The highest BCUT2D eigenvalue weighted by molar-refractivity contribution is 5.80. The Morgan fingerprint density at radius 1 is 1.64 bits per heavy atom. The highest BCUT2D eigenvalue weighted by Crippen LogP contribution is 1.97. The van der Waals surface area contributed by atoms with Gasteiger partial charge in [0.05, 0.1) is 7.11 Å². The first-order chi connectivity index (χ1) is 5.11. The van der Waals surface area contributed by atoms with Crippen LogP contribution >= 0.6 is 0 Å². The molecule has 11 heavy (non-hydrogen) atoms. The van der Waals surface area contributed by atoms with Gasteiger partial charge in [-0.15, -0.1) is 0 Å². The Bertz CT molecular complexity index is 145. The summed E-state index contributed by atoms with van der Waals surface area (Å²) in [5.74, 6) is 0.232. The number of nitrogens with zero attached hydrogens (tertiary/aromatic N) is 1. The van der Waals surface area contributed by atoms with E-state index in [0.29, 0.717) is 6.54 Å². The van der Waals surface area contributed by atoms with Crippen molar-refractivity contribution in [3.05, 3.63) is 0 Å². The average molecular weight is 158 g/mol. The molecule has 1 radical (unpaired) electrons. The standard InChI is InChI=1S/C7H12NO3/c1-6(2)4-8(5-9)7(10)11-3/h6H,4H2,1-3H3. The van der Waals surface area contributed by atoms with Crippen LogP contribution in [-0.2, 0) is 9.53 Å². The lowest BCUT2D eigenvalue weighted by Gasteiger charge is -2.14. The minimum atomic E-state index is -0.659. The summed E-state index contributed by atoms with van der Waals surface area (Å²) in [7, 11) is 1.23. The Balaban J connectivity index is 3.95. The van der Waals surface area contributed by atoms with Gasteiger partial charge in [-0.25, -0.2) is 9.69 Å². The lowest BCUT2D eigenvalue weighted by atomic mass is 10.2. The zero-order valence-corrected chi connectivity index (χ0v) is 6.96. The molecule has 0 unspecified atom stereocenters. The highest BCUT2D eigenvalue weighted by Gasteiger charge is 2.14. The van der Waals surface area contributed by atoms with Crippen LogP contribution in [0.2, 0.25) is 0 Å². The molecule has 0 rings (SSSR count). The number of hydrogen-bond acceptors (Lipinski definition) is 3. The lowest BCUT2D eigenvalue weighted by molar-refractivity contribution is 0.141. The van der Waals surface area contributed by atoms with Gasteiger partial charge in [-0.1, -0.05) is 13.8 Å². The summed E-state index contributed by atoms with van der Waals surface area (Å²) in [5, 5.41) is 0. The van der Waals surface area contributed by atoms with Gasteiger partial charge in [-0.05, 0) is 5.92 Å². The van der Waals surface area contributed by atoms with E-state index in [-0.39, 0.29) is 5.92 Å². The van der Waals surface area contributed by atoms with E-state index in [1.54, 1.807) is 0 Å². The maximum atomic E-state index is 10.7. The molecule has 0 saturated heterocycles. The number of imide groups is 1. The lowest BCUT2D eigenvalue weighted by Crippen LogP contribution is -2.32. The van der Waals surface area contributed by atoms with E-state index in [4.69, 9.17) is 0 Å². The normalized spacial score (nSPS) is 9.45. The predicted molar refractivity (Wildman–Crippen MR) is 39.6 cm³/mol. The summed E-state index contributed by atoms with van der Waals surface area (Å²) in [6, 6.07) is 0. The van der Waals surface area contributed by atoms with Gasteiger partial charge in [0.25, 0.3) is 0 Å². The Morgan fingerprint density at radius 3 is 2.45 bits per heavy atom. The second kappa shape index (κ2) is 4.71. The molecule has 0 fully saturated rings. The maximum absolute atomic E-state index is 10.7. The summed E-state index contributed by atoms with van der Waals surface area (Å²) in [4.78, 5) is 21.7. The number of amides is 2. The molecule has 0 aliphatic heterocycles. The first-order valence-electron chi connectivity index (χ1n) is 3.35. The fourth-order valence-corrected chi connectivity index (χ4v) is 0.624. The summed E-state index contributed by atoms with van der Waals surface area (Å²) < 4.78 is 4.33. The highest BCUT2D eigenvalue weighted by atomic mass is 16.5. The molecule has 0 aliphatic rings. The number of carbonyl (C=O) groups excluding carboxylic acids is 2. The van der Waals surface area contributed by atoms with E-state index in [1.807, 2.05) is 13.8 Å². The fourth-order valence-electron chi connectivity index (χ4n) is 0.624. The molecule has 0 aromatic carbocycles. The Hall–Kier alpha value is -1.06. The topological polar surface area (TPSA) is 46.6 Å². The van der Waals surface area contributed by atoms with Gasteiger partial charge in [0.1, 0.15) is 0 Å². The Labute approximate surface area is 66.1 Å². The molecule has 0 spiro atoms. The second-order valence-electron chi connectivity index (χ2n) is 2.57. The van der Waals surface area contributed by atoms with Crippen molar-refractivity contribution in [1.29, 1.82) is 0 Å². The van der Waals surface area contributed by atoms with Crippen LogP contribution in [0.1, 0.15) is 13.8 Å². The molecule has 0 heterocycles. The molecule has 0 aliphatic carbocycles. The molecular formula is C7H12NO3. The van der Waals surface area contributed by atoms with Crippen molar-refractivity contribution in [2.24, 2.45) is 5.92 Å². The molecule has 4 nitrogen and oxygen atoms in total. The zero-order valence-electron chi connectivity index (χ0n) is 6.96. The molecular weight excluding hydrogens is 146 g/mol. The minimum Gasteiger partial charge on any atom is -0.452 e. The number of ether oxygens (including phenoxy) is 1. The smallest absolute Gasteiger partial charge is 0.416 e. The van der Waals surface area contributed by atoms with Gasteiger partial charge >= 0.3 is 12.5 Å². The van der Waals surface area contributed by atoms with E-state index in [0.717, 1.165) is 4.90 Å². The van der Waals surface area contributed by atoms with E-state index >= 15 is 0 Å². The van der Waals surface area contributed by atoms with Gasteiger partial charge < -0.3 is 4.74 Å². The quantitative estimate of drug-likeness (QED) is 0.570. The van der Waals surface area contributed by atoms with Crippen LogP contribution in [0.5, 0.6) is 0 Å². The van der Waals surface area contributed by atoms with Gasteiger partial charge in [-0.2, -0.15) is 0 Å². The van der Waals surface area contributed by atoms with Crippen molar-refractivity contribution in [3.63, 3.8) is 0 Å². The Kier molecular flexibility index (Phi) is 4.26. The third-order valence-corrected chi connectivity index (χ3v) is 1.05. The summed E-state index contributed by atoms with van der Waals surface area (Å²) in [5.41, 5.74) is 0. The largest absolute Gasteiger partial charge is 0.452 e. The predicted octanol–water partition coefficient (Wildman–Crippen LogP) is 0.778. The van der Waals surface area contributed by atoms with Crippen LogP contribution in [0.3, 0.4) is 0 Å². The molecule has 0 saturated carbocycles. The van der Waals surface area contributed by atoms with Crippen molar-refractivity contribution in [1.82, 2.24) is 4.90 Å². The van der Waals surface area contributed by atoms with Crippen LogP contribution in [-0.4, -0.2) is 31.1 Å². The maximum Gasteiger partial charge on any atom is 0.416 e. The molecule has 4 heteroatoms. The number of rotatable bonds is 3. The number of methoxy groups -OCH3 is 1. The minimum absolute atomic E-state index is 0.232. The van der Waals surface area contributed by atoms with E-state index in [2.05, 4.69) is 4.74 Å². The molecule has 0 bridgehead atoms. The van der Waals surface area contributed by atoms with Crippen molar-refractivity contribution in [3.8, 4) is 0 Å². The van der Waals surface area contributed by atoms with Crippen molar-refractivity contribution < 1.29 is 14.3 Å². The second-order valence-corrected chi connectivity index (χ2v) is 2.57. The molecule has 0 N–H and O–H groups in total.